The van der Waals surface area contributed by atoms with Crippen molar-refractivity contribution < 1.29 is 23.4 Å². The van der Waals surface area contributed by atoms with Crippen molar-refractivity contribution in [1.29, 1.82) is 0 Å². The number of aliphatic hydroxyl groups is 2. The van der Waals surface area contributed by atoms with Crippen LogP contribution in [0.1, 0.15) is 19.8 Å². The number of halogens is 4. The zero-order chi connectivity index (χ0) is 9.78. The molecule has 0 spiro atoms. The van der Waals surface area contributed by atoms with Gasteiger partial charge in [0.25, 0.3) is 0 Å². The molecule has 0 rings (SSSR count). The van der Waals surface area contributed by atoms with E-state index < -0.39 is 31.2 Å². The van der Waals surface area contributed by atoms with Crippen LogP contribution in [0.3, 0.4) is 0 Å². The number of rotatable bonds is 4. The van der Waals surface area contributed by atoms with Gasteiger partial charge in [-0.05, 0) is 12.8 Å². The lowest BCUT2D eigenvalue weighted by Crippen LogP contribution is -2.29. The fourth-order valence-electron chi connectivity index (χ4n) is 0.807. The smallest absolute Gasteiger partial charge is 0.394 e. The normalized spacial score (nSPS) is 16.2. The van der Waals surface area contributed by atoms with Crippen LogP contribution in [0, 0.1) is 5.92 Å². The van der Waals surface area contributed by atoms with E-state index in [1.54, 1.807) is 6.92 Å². The summed E-state index contributed by atoms with van der Waals surface area (Å²) >= 11 is 0. The highest BCUT2D eigenvalue weighted by Crippen LogP contribution is 2.29. The molecule has 82 valence electrons. The monoisotopic (exact) mass is 222 g/mol. The maximum Gasteiger partial charge on any atom is 0.394 e. The van der Waals surface area contributed by atoms with E-state index >= 15 is 0 Å². The molecule has 0 amide bonds. The molecule has 0 radical (unpaired) electrons. The largest absolute Gasteiger partial charge is 0.396 e. The topological polar surface area (TPSA) is 40.5 Å². The van der Waals surface area contributed by atoms with Crippen LogP contribution in [-0.2, 0) is 0 Å². The lowest BCUT2D eigenvalue weighted by molar-refractivity contribution is -0.191. The average molecular weight is 223 g/mol. The third-order valence-corrected chi connectivity index (χ3v) is 1.71. The van der Waals surface area contributed by atoms with E-state index in [2.05, 4.69) is 0 Å². The first-order valence-corrected chi connectivity index (χ1v) is 3.77. The summed E-state index contributed by atoms with van der Waals surface area (Å²) in [4.78, 5) is 0. The van der Waals surface area contributed by atoms with E-state index in [4.69, 9.17) is 10.2 Å². The predicted molar refractivity (Wildman–Crippen MR) is 44.8 cm³/mol. The van der Waals surface area contributed by atoms with Gasteiger partial charge in [-0.25, -0.2) is 0 Å². The van der Waals surface area contributed by atoms with Crippen molar-refractivity contribution in [2.75, 3.05) is 6.61 Å². The van der Waals surface area contributed by atoms with E-state index in [9.17, 15) is 13.2 Å². The summed E-state index contributed by atoms with van der Waals surface area (Å²) in [6.45, 7) is 0.635. The van der Waals surface area contributed by atoms with Crippen molar-refractivity contribution in [3.63, 3.8) is 0 Å². The fourth-order valence-corrected chi connectivity index (χ4v) is 0.807. The van der Waals surface area contributed by atoms with Crippen molar-refractivity contribution >= 4 is 12.4 Å². The Morgan fingerprint density at radius 2 is 1.77 bits per heavy atom. The van der Waals surface area contributed by atoms with Gasteiger partial charge in [0.1, 0.15) is 0 Å². The Morgan fingerprint density at radius 1 is 1.31 bits per heavy atom. The number of hydrogen-bond donors (Lipinski definition) is 2. The third kappa shape index (κ3) is 6.12. The first kappa shape index (κ1) is 15.5. The predicted octanol–water partition coefficient (Wildman–Crippen LogP) is 1.74. The Balaban J connectivity index is 0. The number of alkyl halides is 3. The third-order valence-electron chi connectivity index (χ3n) is 1.71. The maximum absolute atomic E-state index is 11.9. The van der Waals surface area contributed by atoms with Gasteiger partial charge >= 0.3 is 6.18 Å². The molecule has 6 heteroatoms. The molecule has 0 saturated heterocycles. The first-order valence-electron chi connectivity index (χ1n) is 3.77. The van der Waals surface area contributed by atoms with Crippen LogP contribution in [0.15, 0.2) is 0 Å². The molecule has 0 aliphatic heterocycles. The molecule has 13 heavy (non-hydrogen) atoms. The van der Waals surface area contributed by atoms with E-state index in [0.29, 0.717) is 0 Å². The highest BCUT2D eigenvalue weighted by Gasteiger charge is 2.39. The molecule has 0 saturated carbocycles. The molecule has 0 aliphatic carbocycles. The standard InChI is InChI=1S/C7H13F3O2.ClH/c1-2-6(12)3-5(4-11)7(8,9)10;/h5-6,11-12H,2-4H2,1H3;1H. The summed E-state index contributed by atoms with van der Waals surface area (Å²) < 4.78 is 35.8. The van der Waals surface area contributed by atoms with Crippen molar-refractivity contribution in [3.8, 4) is 0 Å². The van der Waals surface area contributed by atoms with Gasteiger partial charge in [-0.3, -0.25) is 0 Å². The molecule has 0 fully saturated rings. The van der Waals surface area contributed by atoms with Gasteiger partial charge in [0, 0.05) is 0 Å². The minimum Gasteiger partial charge on any atom is -0.396 e. The molecule has 0 aromatic rings. The van der Waals surface area contributed by atoms with Crippen LogP contribution in [0.2, 0.25) is 0 Å². The second kappa shape index (κ2) is 6.45. The Morgan fingerprint density at radius 3 is 2.00 bits per heavy atom. The zero-order valence-electron chi connectivity index (χ0n) is 7.21. The van der Waals surface area contributed by atoms with Gasteiger partial charge in [-0.2, -0.15) is 13.2 Å². The lowest BCUT2D eigenvalue weighted by atomic mass is 10.0. The van der Waals surface area contributed by atoms with Crippen molar-refractivity contribution in [1.82, 2.24) is 0 Å². The van der Waals surface area contributed by atoms with Gasteiger partial charge in [0.15, 0.2) is 0 Å². The molecule has 2 N–H and O–H groups in total. The molecular weight excluding hydrogens is 209 g/mol. The van der Waals surface area contributed by atoms with Crippen LogP contribution in [0.25, 0.3) is 0 Å². The van der Waals surface area contributed by atoms with Gasteiger partial charge < -0.3 is 10.2 Å². The molecule has 2 unspecified atom stereocenters. The van der Waals surface area contributed by atoms with Crippen molar-refractivity contribution in [2.24, 2.45) is 5.92 Å². The second-order valence-corrected chi connectivity index (χ2v) is 2.72. The Hall–Kier alpha value is -0.0000000000000000555. The Bertz CT molecular complexity index is 129. The van der Waals surface area contributed by atoms with Crippen LogP contribution in [-0.4, -0.2) is 29.1 Å². The van der Waals surface area contributed by atoms with Crippen LogP contribution in [0.5, 0.6) is 0 Å². The van der Waals surface area contributed by atoms with Crippen LogP contribution in [0.4, 0.5) is 13.2 Å². The summed E-state index contributed by atoms with van der Waals surface area (Å²) in [5, 5.41) is 17.3. The highest BCUT2D eigenvalue weighted by molar-refractivity contribution is 5.85. The molecular formula is C7H14ClF3O2. The van der Waals surface area contributed by atoms with E-state index in [1.807, 2.05) is 0 Å². The fraction of sp³-hybridized carbons (Fsp3) is 1.00. The molecule has 2 atom stereocenters. The van der Waals surface area contributed by atoms with Crippen molar-refractivity contribution in [3.05, 3.63) is 0 Å². The van der Waals surface area contributed by atoms with Gasteiger partial charge in [-0.15, -0.1) is 12.4 Å². The Kier molecular flexibility index (Phi) is 7.68. The minimum atomic E-state index is -4.41. The Labute approximate surface area is 81.2 Å². The van der Waals surface area contributed by atoms with Gasteiger partial charge in [-0.1, -0.05) is 6.92 Å². The quantitative estimate of drug-likeness (QED) is 0.761. The summed E-state index contributed by atoms with van der Waals surface area (Å²) in [6, 6.07) is 0. The second-order valence-electron chi connectivity index (χ2n) is 2.72. The van der Waals surface area contributed by atoms with Gasteiger partial charge in [0.05, 0.1) is 18.6 Å². The number of aliphatic hydroxyl groups excluding tert-OH is 2. The summed E-state index contributed by atoms with van der Waals surface area (Å²) in [5.41, 5.74) is 0. The molecule has 2 nitrogen and oxygen atoms in total. The SMILES string of the molecule is CCC(O)CC(CO)C(F)(F)F.Cl. The minimum absolute atomic E-state index is 0. The van der Waals surface area contributed by atoms with Gasteiger partial charge in [0.2, 0.25) is 0 Å². The maximum atomic E-state index is 11.9. The molecule has 0 aromatic heterocycles. The van der Waals surface area contributed by atoms with Crippen LogP contribution < -0.4 is 0 Å². The first-order chi connectivity index (χ1) is 5.41. The van der Waals surface area contributed by atoms with E-state index in [0.717, 1.165) is 0 Å². The lowest BCUT2D eigenvalue weighted by Gasteiger charge is -2.19. The molecule has 0 aromatic carbocycles. The molecule has 0 heterocycles. The zero-order valence-corrected chi connectivity index (χ0v) is 8.03. The average Bonchev–Trinajstić information content (AvgIpc) is 1.97. The summed E-state index contributed by atoms with van der Waals surface area (Å²) in [6.07, 6.45) is -5.54. The highest BCUT2D eigenvalue weighted by atomic mass is 35.5. The molecule has 0 bridgehead atoms. The van der Waals surface area contributed by atoms with Crippen molar-refractivity contribution in [2.45, 2.75) is 32.0 Å². The van der Waals surface area contributed by atoms with E-state index in [-0.39, 0.29) is 18.8 Å². The molecule has 0 aliphatic rings. The summed E-state index contributed by atoms with van der Waals surface area (Å²) in [7, 11) is 0. The number of hydrogen-bond acceptors (Lipinski definition) is 2. The van der Waals surface area contributed by atoms with E-state index in [1.165, 1.54) is 0 Å². The van der Waals surface area contributed by atoms with Crippen LogP contribution >= 0.6 is 12.4 Å². The summed E-state index contributed by atoms with van der Waals surface area (Å²) in [5.74, 6) is -1.80.